The summed E-state index contributed by atoms with van der Waals surface area (Å²) in [6.07, 6.45) is -6.53. The maximum Gasteiger partial charge on any atom is 0.311 e. The number of rotatable bonds is 7. The molecule has 3 aliphatic heterocycles. The van der Waals surface area contributed by atoms with Crippen molar-refractivity contribution in [2.24, 2.45) is 23.7 Å². The van der Waals surface area contributed by atoms with Gasteiger partial charge in [-0.05, 0) is 74.9 Å². The Kier molecular flexibility index (Phi) is 14.5. The van der Waals surface area contributed by atoms with Gasteiger partial charge in [-0.15, -0.1) is 0 Å². The first-order valence-electron chi connectivity index (χ1n) is 18.4. The molecule has 3 rings (SSSR count). The van der Waals surface area contributed by atoms with E-state index in [2.05, 4.69) is 4.90 Å². The molecule has 0 bridgehead atoms. The van der Waals surface area contributed by atoms with Gasteiger partial charge in [-0.25, -0.2) is 0 Å². The second-order valence-corrected chi connectivity index (χ2v) is 16.4. The minimum absolute atomic E-state index is 0.0485. The van der Waals surface area contributed by atoms with Crippen LogP contribution in [0.4, 0.5) is 0 Å². The van der Waals surface area contributed by atoms with Gasteiger partial charge >= 0.3 is 5.97 Å². The van der Waals surface area contributed by atoms with Gasteiger partial charge < -0.3 is 53.7 Å². The van der Waals surface area contributed by atoms with E-state index in [0.29, 0.717) is 6.42 Å². The van der Waals surface area contributed by atoms with E-state index in [0.717, 1.165) is 6.42 Å². The number of methoxy groups -OCH3 is 1. The molecule has 3 saturated heterocycles. The first-order valence-corrected chi connectivity index (χ1v) is 18.4. The van der Waals surface area contributed by atoms with Gasteiger partial charge in [-0.1, -0.05) is 27.7 Å². The molecule has 0 saturated carbocycles. The summed E-state index contributed by atoms with van der Waals surface area (Å²) < 4.78 is 37.4. The zero-order chi connectivity index (χ0) is 38.1. The molecule has 0 radical (unpaired) electrons. The van der Waals surface area contributed by atoms with Crippen LogP contribution < -0.4 is 0 Å². The van der Waals surface area contributed by atoms with Crippen LogP contribution in [0.5, 0.6) is 0 Å². The number of ether oxygens (including phenoxy) is 6. The standard InChI is InChI=1S/C37H67NO12/c1-14-26-37(10,44)31(40)21(4)29(39)19(2)17-35(8,43)33(50-27-16-25(38(11)12)15-20(3)46-27)22(5)30(23(6)34(42)48-26)49-28-18-36(9,45-13)32(41)24(7)47-28/h19-28,30-33,40-41,43-44H,14-18H2,1-13H3/t19-,20?,21+,22+,23-,24?,25?,26-,27?,28?,30+,31-,32?,33-,35+,36?,37-/m1/s1. The molecule has 3 fully saturated rings. The Hall–Kier alpha value is -1.26. The molecule has 0 spiro atoms. The van der Waals surface area contributed by atoms with E-state index >= 15 is 0 Å². The summed E-state index contributed by atoms with van der Waals surface area (Å²) >= 11 is 0. The van der Waals surface area contributed by atoms with Gasteiger partial charge in [-0.2, -0.15) is 0 Å². The number of carbonyl (C=O) groups is 2. The average Bonchev–Trinajstić information content (AvgIpc) is 3.04. The molecule has 0 aromatic carbocycles. The molecule has 13 heteroatoms. The summed E-state index contributed by atoms with van der Waals surface area (Å²) in [5.41, 5.74) is -4.64. The number of Topliss-reactive ketones (excluding diaryl/α,β-unsaturated/α-hetero) is 1. The smallest absolute Gasteiger partial charge is 0.311 e. The molecule has 3 heterocycles. The molecule has 17 atom stereocenters. The summed E-state index contributed by atoms with van der Waals surface area (Å²) in [4.78, 5) is 30.0. The van der Waals surface area contributed by atoms with Crippen molar-refractivity contribution in [1.29, 1.82) is 0 Å². The zero-order valence-electron chi connectivity index (χ0n) is 32.6. The van der Waals surface area contributed by atoms with Crippen molar-refractivity contribution in [2.75, 3.05) is 21.2 Å². The Morgan fingerprint density at radius 3 is 2.04 bits per heavy atom. The summed E-state index contributed by atoms with van der Waals surface area (Å²) in [5, 5.41) is 46.1. The first-order chi connectivity index (χ1) is 23.0. The lowest BCUT2D eigenvalue weighted by molar-refractivity contribution is -0.308. The van der Waals surface area contributed by atoms with Gasteiger partial charge in [0.1, 0.15) is 23.6 Å². The number of carbonyl (C=O) groups excluding carboxylic acids is 2. The predicted octanol–water partition coefficient (Wildman–Crippen LogP) is 2.81. The highest BCUT2D eigenvalue weighted by atomic mass is 16.7. The topological polar surface area (TPSA) is 174 Å². The van der Waals surface area contributed by atoms with E-state index in [4.69, 9.17) is 28.4 Å². The van der Waals surface area contributed by atoms with Crippen LogP contribution in [-0.4, -0.2) is 136 Å². The molecule has 292 valence electrons. The van der Waals surface area contributed by atoms with Crippen molar-refractivity contribution >= 4 is 11.8 Å². The molecule has 50 heavy (non-hydrogen) atoms. The molecule has 0 aromatic rings. The number of cyclic esters (lactones) is 1. The number of esters is 1. The number of ketones is 1. The third kappa shape index (κ3) is 9.45. The lowest BCUT2D eigenvalue weighted by Gasteiger charge is -2.48. The third-order valence-electron chi connectivity index (χ3n) is 11.7. The summed E-state index contributed by atoms with van der Waals surface area (Å²) in [5.74, 6) is -4.57. The fraction of sp³-hybridized carbons (Fsp3) is 0.946. The Morgan fingerprint density at radius 2 is 1.48 bits per heavy atom. The Labute approximate surface area is 299 Å². The van der Waals surface area contributed by atoms with Gasteiger partial charge in [0.05, 0.1) is 47.6 Å². The van der Waals surface area contributed by atoms with Gasteiger partial charge in [0.25, 0.3) is 0 Å². The largest absolute Gasteiger partial charge is 0.459 e. The van der Waals surface area contributed by atoms with E-state index in [1.54, 1.807) is 41.5 Å². The van der Waals surface area contributed by atoms with Crippen molar-refractivity contribution in [3.63, 3.8) is 0 Å². The highest BCUT2D eigenvalue weighted by molar-refractivity contribution is 5.83. The summed E-state index contributed by atoms with van der Waals surface area (Å²) in [7, 11) is 5.50. The number of nitrogens with zero attached hydrogens (tertiary/aromatic N) is 1. The highest BCUT2D eigenvalue weighted by Crippen LogP contribution is 2.40. The number of aliphatic hydroxyl groups is 4. The van der Waals surface area contributed by atoms with E-state index in [9.17, 15) is 30.0 Å². The normalized spacial score (nSPS) is 49.0. The van der Waals surface area contributed by atoms with Crippen molar-refractivity contribution < 1.29 is 58.4 Å². The number of hydrogen-bond acceptors (Lipinski definition) is 13. The molecule has 0 aromatic heterocycles. The Bertz CT molecular complexity index is 1130. The van der Waals surface area contributed by atoms with Crippen LogP contribution in [0.3, 0.4) is 0 Å². The predicted molar refractivity (Wildman–Crippen MR) is 185 cm³/mol. The second-order valence-electron chi connectivity index (χ2n) is 16.4. The van der Waals surface area contributed by atoms with Crippen molar-refractivity contribution in [2.45, 2.75) is 179 Å². The molecular weight excluding hydrogens is 650 g/mol. The van der Waals surface area contributed by atoms with Gasteiger partial charge in [-0.3, -0.25) is 9.59 Å². The van der Waals surface area contributed by atoms with Crippen LogP contribution in [0.1, 0.15) is 101 Å². The first kappa shape index (κ1) is 43.1. The van der Waals surface area contributed by atoms with E-state index < -0.39 is 95.6 Å². The summed E-state index contributed by atoms with van der Waals surface area (Å²) in [6, 6.07) is 0.153. The van der Waals surface area contributed by atoms with Gasteiger partial charge in [0.15, 0.2) is 12.6 Å². The van der Waals surface area contributed by atoms with Crippen LogP contribution in [0.25, 0.3) is 0 Å². The van der Waals surface area contributed by atoms with Crippen LogP contribution in [0, 0.1) is 23.7 Å². The Balaban J connectivity index is 2.15. The van der Waals surface area contributed by atoms with Gasteiger partial charge in [0.2, 0.25) is 0 Å². The maximum absolute atomic E-state index is 14.1. The average molecular weight is 718 g/mol. The van der Waals surface area contributed by atoms with Crippen LogP contribution >= 0.6 is 0 Å². The van der Waals surface area contributed by atoms with Gasteiger partial charge in [0, 0.05) is 43.7 Å². The fourth-order valence-corrected chi connectivity index (χ4v) is 8.36. The van der Waals surface area contributed by atoms with E-state index in [-0.39, 0.29) is 37.2 Å². The van der Waals surface area contributed by atoms with E-state index in [1.165, 1.54) is 21.0 Å². The zero-order valence-corrected chi connectivity index (χ0v) is 32.6. The van der Waals surface area contributed by atoms with Crippen molar-refractivity contribution in [3.8, 4) is 0 Å². The molecular formula is C37H67NO12. The second kappa shape index (κ2) is 16.8. The van der Waals surface area contributed by atoms with Crippen LogP contribution in [0.15, 0.2) is 0 Å². The van der Waals surface area contributed by atoms with Crippen molar-refractivity contribution in [3.05, 3.63) is 0 Å². The number of hydrogen-bond donors (Lipinski definition) is 4. The van der Waals surface area contributed by atoms with Crippen LogP contribution in [0.2, 0.25) is 0 Å². The fourth-order valence-electron chi connectivity index (χ4n) is 8.36. The lowest BCUT2D eigenvalue weighted by Crippen LogP contribution is -2.60. The maximum atomic E-state index is 14.1. The molecule has 13 nitrogen and oxygen atoms in total. The number of aliphatic hydroxyl groups excluding tert-OH is 2. The Morgan fingerprint density at radius 1 is 0.860 bits per heavy atom. The van der Waals surface area contributed by atoms with Crippen LogP contribution in [-0.2, 0) is 38.0 Å². The minimum Gasteiger partial charge on any atom is -0.459 e. The molecule has 4 N–H and O–H groups in total. The molecule has 0 amide bonds. The third-order valence-corrected chi connectivity index (χ3v) is 11.7. The molecule has 3 aliphatic rings. The van der Waals surface area contributed by atoms with Crippen molar-refractivity contribution in [1.82, 2.24) is 4.90 Å². The monoisotopic (exact) mass is 717 g/mol. The van der Waals surface area contributed by atoms with E-state index in [1.807, 2.05) is 27.9 Å². The molecule has 0 aliphatic carbocycles. The lowest BCUT2D eigenvalue weighted by atomic mass is 9.74. The molecule has 7 unspecified atom stereocenters. The quantitative estimate of drug-likeness (QED) is 0.284. The minimum atomic E-state index is -1.96. The highest BCUT2D eigenvalue weighted by Gasteiger charge is 2.52. The SMILES string of the molecule is CC[C@H]1OC(=O)[C@H](C)[C@@H](OC2CC(C)(OC)C(O)C(C)O2)[C@H](C)[C@@H](OC2CC(N(C)C)CC(C)O2)[C@@](C)(O)C[C@@H](C)C(=O)[C@H](C)[C@@H](O)[C@]1(C)O. The summed E-state index contributed by atoms with van der Waals surface area (Å²) in [6.45, 7) is 16.8.